The Balaban J connectivity index is 1.44. The SMILES string of the molecule is Cc1ccc(C)c(N2CC=C[C@]34S[C@]5(C)C=CCN(Cc6ccccc6)C(=O)[C@@H]5[C@H]3C(=O)N(CCCO)C4C2=O)c1. The third kappa shape index (κ3) is 4.43. The molecular formula is C33H37N3O4S. The molecule has 1 spiro atoms. The Labute approximate surface area is 245 Å². The normalized spacial score (nSPS) is 30.8. The van der Waals surface area contributed by atoms with Crippen LogP contribution in [0.5, 0.6) is 0 Å². The molecule has 0 aromatic heterocycles. The first kappa shape index (κ1) is 27.8. The molecule has 4 aliphatic rings. The van der Waals surface area contributed by atoms with Crippen LogP contribution in [0, 0.1) is 25.7 Å². The zero-order valence-corrected chi connectivity index (χ0v) is 24.6. The molecule has 4 heterocycles. The van der Waals surface area contributed by atoms with E-state index in [4.69, 9.17) is 0 Å². The van der Waals surface area contributed by atoms with Gasteiger partial charge in [0.25, 0.3) is 5.91 Å². The van der Waals surface area contributed by atoms with Gasteiger partial charge in [-0.1, -0.05) is 66.8 Å². The van der Waals surface area contributed by atoms with Crippen molar-refractivity contribution in [2.45, 2.75) is 49.3 Å². The molecule has 6 rings (SSSR count). The lowest BCUT2D eigenvalue weighted by Gasteiger charge is -2.37. The Morgan fingerprint density at radius 2 is 1.68 bits per heavy atom. The number of carbonyl (C=O) groups excluding carboxylic acids is 3. The molecule has 1 N–H and O–H groups in total. The highest BCUT2D eigenvalue weighted by Gasteiger charge is 2.73. The van der Waals surface area contributed by atoms with E-state index in [1.807, 2.05) is 86.4 Å². The standard InChI is InChI=1S/C33H37N3O4S/c1-22-12-13-23(2)25(20-22)35-17-8-15-33-27(30(39)36(18-9-19-37)28(33)31(35)40)26-29(38)34(16-7-14-32(26,3)41-33)21-24-10-5-4-6-11-24/h4-8,10-15,20,26-28,37H,9,16-19,21H2,1-3H3/t26-,27-,28?,32+,33-/m0/s1. The highest BCUT2D eigenvalue weighted by atomic mass is 32.2. The summed E-state index contributed by atoms with van der Waals surface area (Å²) in [5, 5.41) is 9.69. The quantitative estimate of drug-likeness (QED) is 0.533. The number of nitrogens with zero attached hydrogens (tertiary/aromatic N) is 3. The van der Waals surface area contributed by atoms with Gasteiger partial charge in [0, 0.05) is 43.2 Å². The van der Waals surface area contributed by atoms with Crippen LogP contribution in [-0.2, 0) is 20.9 Å². The number of benzene rings is 2. The van der Waals surface area contributed by atoms with Crippen LogP contribution in [0.4, 0.5) is 5.69 Å². The molecular weight excluding hydrogens is 534 g/mol. The second kappa shape index (κ2) is 10.5. The van der Waals surface area contributed by atoms with Crippen LogP contribution >= 0.6 is 11.8 Å². The maximum absolute atomic E-state index is 14.6. The Morgan fingerprint density at radius 3 is 2.44 bits per heavy atom. The summed E-state index contributed by atoms with van der Waals surface area (Å²) < 4.78 is -1.55. The molecule has 8 heteroatoms. The van der Waals surface area contributed by atoms with E-state index in [2.05, 4.69) is 12.2 Å². The topological polar surface area (TPSA) is 81.2 Å². The van der Waals surface area contributed by atoms with Crippen molar-refractivity contribution in [2.24, 2.45) is 11.8 Å². The maximum atomic E-state index is 14.6. The van der Waals surface area contributed by atoms with Crippen molar-refractivity contribution in [2.75, 3.05) is 31.1 Å². The summed E-state index contributed by atoms with van der Waals surface area (Å²) in [6, 6.07) is 15.2. The molecule has 1 unspecified atom stereocenters. The molecule has 5 atom stereocenters. The number of hydrogen-bond acceptors (Lipinski definition) is 5. The number of fused-ring (bicyclic) bond motifs is 2. The van der Waals surface area contributed by atoms with Crippen LogP contribution in [-0.4, -0.2) is 74.4 Å². The highest BCUT2D eigenvalue weighted by molar-refractivity contribution is 8.02. The van der Waals surface area contributed by atoms with Gasteiger partial charge in [-0.05, 0) is 49.9 Å². The van der Waals surface area contributed by atoms with Gasteiger partial charge >= 0.3 is 0 Å². The predicted octanol–water partition coefficient (Wildman–Crippen LogP) is 3.87. The third-order valence-electron chi connectivity index (χ3n) is 9.07. The molecule has 0 saturated carbocycles. The zero-order chi connectivity index (χ0) is 28.9. The summed E-state index contributed by atoms with van der Waals surface area (Å²) in [6.07, 6.45) is 8.56. The molecule has 2 aromatic rings. The smallest absolute Gasteiger partial charge is 0.251 e. The van der Waals surface area contributed by atoms with Crippen LogP contribution < -0.4 is 4.90 Å². The summed E-state index contributed by atoms with van der Waals surface area (Å²) >= 11 is 1.59. The van der Waals surface area contributed by atoms with E-state index >= 15 is 0 Å². The first-order valence-electron chi connectivity index (χ1n) is 14.4. The van der Waals surface area contributed by atoms with Crippen molar-refractivity contribution in [3.05, 3.63) is 89.5 Å². The Kier molecular flexibility index (Phi) is 7.10. The van der Waals surface area contributed by atoms with Gasteiger partial charge in [-0.3, -0.25) is 14.4 Å². The average molecular weight is 572 g/mol. The van der Waals surface area contributed by atoms with Gasteiger partial charge in [0.2, 0.25) is 11.8 Å². The molecule has 2 saturated heterocycles. The van der Waals surface area contributed by atoms with Crippen molar-refractivity contribution >= 4 is 35.2 Å². The summed E-state index contributed by atoms with van der Waals surface area (Å²) in [7, 11) is 0. The first-order valence-corrected chi connectivity index (χ1v) is 15.2. The zero-order valence-electron chi connectivity index (χ0n) is 23.8. The molecule has 0 aliphatic carbocycles. The number of aliphatic hydroxyl groups excluding tert-OH is 1. The van der Waals surface area contributed by atoms with Crippen LogP contribution in [0.2, 0.25) is 0 Å². The van der Waals surface area contributed by atoms with E-state index < -0.39 is 27.4 Å². The van der Waals surface area contributed by atoms with E-state index in [0.717, 1.165) is 22.4 Å². The van der Waals surface area contributed by atoms with E-state index in [1.54, 1.807) is 21.6 Å². The lowest BCUT2D eigenvalue weighted by molar-refractivity contribution is -0.144. The van der Waals surface area contributed by atoms with Gasteiger partial charge in [0.1, 0.15) is 6.04 Å². The number of hydrogen-bond donors (Lipinski definition) is 1. The monoisotopic (exact) mass is 571 g/mol. The summed E-state index contributed by atoms with van der Waals surface area (Å²) in [6.45, 7) is 7.55. The average Bonchev–Trinajstić information content (AvgIpc) is 3.22. The molecule has 2 aromatic carbocycles. The van der Waals surface area contributed by atoms with E-state index in [-0.39, 0.29) is 30.9 Å². The number of aryl methyl sites for hydroxylation is 2. The number of amides is 3. The fourth-order valence-corrected chi connectivity index (χ4v) is 9.38. The molecule has 3 amide bonds. The lowest BCUT2D eigenvalue weighted by Crippen LogP contribution is -2.53. The minimum absolute atomic E-state index is 0.0525. The van der Waals surface area contributed by atoms with Crippen molar-refractivity contribution in [1.29, 1.82) is 0 Å². The minimum Gasteiger partial charge on any atom is -0.396 e. The van der Waals surface area contributed by atoms with Gasteiger partial charge in [-0.15, -0.1) is 11.8 Å². The van der Waals surface area contributed by atoms with Crippen LogP contribution in [0.15, 0.2) is 72.8 Å². The van der Waals surface area contributed by atoms with Crippen molar-refractivity contribution in [3.63, 3.8) is 0 Å². The molecule has 0 bridgehead atoms. The maximum Gasteiger partial charge on any atom is 0.251 e. The highest BCUT2D eigenvalue weighted by Crippen LogP contribution is 2.65. The molecule has 214 valence electrons. The summed E-state index contributed by atoms with van der Waals surface area (Å²) in [5.74, 6) is -1.66. The van der Waals surface area contributed by atoms with E-state index in [0.29, 0.717) is 26.1 Å². The van der Waals surface area contributed by atoms with Gasteiger partial charge in [0.15, 0.2) is 0 Å². The fourth-order valence-electron chi connectivity index (χ4n) is 7.23. The van der Waals surface area contributed by atoms with E-state index in [9.17, 15) is 19.5 Å². The van der Waals surface area contributed by atoms with Crippen molar-refractivity contribution in [3.8, 4) is 0 Å². The predicted molar refractivity (Wildman–Crippen MR) is 161 cm³/mol. The Bertz CT molecular complexity index is 1440. The number of thioether (sulfide) groups is 1. The fraction of sp³-hybridized carbons (Fsp3) is 0.424. The van der Waals surface area contributed by atoms with Crippen molar-refractivity contribution < 1.29 is 19.5 Å². The number of rotatable bonds is 6. The minimum atomic E-state index is -0.898. The molecule has 2 fully saturated rings. The lowest BCUT2D eigenvalue weighted by atomic mass is 9.74. The number of likely N-dealkylation sites (tertiary alicyclic amines) is 1. The van der Waals surface area contributed by atoms with Gasteiger partial charge in [0.05, 0.1) is 16.6 Å². The van der Waals surface area contributed by atoms with Gasteiger partial charge < -0.3 is 19.8 Å². The van der Waals surface area contributed by atoms with Gasteiger partial charge in [-0.2, -0.15) is 0 Å². The number of carbonyl (C=O) groups is 3. The Morgan fingerprint density at radius 1 is 0.927 bits per heavy atom. The Hall–Kier alpha value is -3.36. The second-order valence-electron chi connectivity index (χ2n) is 11.9. The number of aliphatic hydroxyl groups is 1. The van der Waals surface area contributed by atoms with Crippen molar-refractivity contribution in [1.82, 2.24) is 9.80 Å². The van der Waals surface area contributed by atoms with Gasteiger partial charge in [-0.25, -0.2) is 0 Å². The van der Waals surface area contributed by atoms with Crippen LogP contribution in [0.3, 0.4) is 0 Å². The first-order chi connectivity index (χ1) is 19.7. The second-order valence-corrected chi connectivity index (χ2v) is 13.6. The molecule has 4 aliphatic heterocycles. The molecule has 0 radical (unpaired) electrons. The number of anilines is 1. The van der Waals surface area contributed by atoms with Crippen LogP contribution in [0.1, 0.15) is 30.0 Å². The molecule has 41 heavy (non-hydrogen) atoms. The summed E-state index contributed by atoms with van der Waals surface area (Å²) in [4.78, 5) is 48.7. The summed E-state index contributed by atoms with van der Waals surface area (Å²) in [5.41, 5.74) is 3.91. The van der Waals surface area contributed by atoms with E-state index in [1.165, 1.54) is 0 Å². The van der Waals surface area contributed by atoms with Crippen LogP contribution in [0.25, 0.3) is 0 Å². The third-order valence-corrected chi connectivity index (χ3v) is 10.9. The largest absolute Gasteiger partial charge is 0.396 e. The molecule has 7 nitrogen and oxygen atoms in total.